The summed E-state index contributed by atoms with van der Waals surface area (Å²) in [6, 6.07) is 0. The largest absolute Gasteiger partial charge is 0.340 e. The number of halogens is 1. The third-order valence-electron chi connectivity index (χ3n) is 2.54. The molecule has 4 nitrogen and oxygen atoms in total. The van der Waals surface area contributed by atoms with E-state index in [0.29, 0.717) is 17.5 Å². The Bertz CT molecular complexity index is 341. The summed E-state index contributed by atoms with van der Waals surface area (Å²) in [5.74, 6) is 0.768. The predicted molar refractivity (Wildman–Crippen MR) is 58.0 cm³/mol. The molecule has 0 N–H and O–H groups in total. The predicted octanol–water partition coefficient (Wildman–Crippen LogP) is 1.55. The molecule has 1 aliphatic rings. The molecule has 1 aromatic heterocycles. The Kier molecular flexibility index (Phi) is 3.16. The summed E-state index contributed by atoms with van der Waals surface area (Å²) >= 11 is 5.71. The zero-order chi connectivity index (χ0) is 10.7. The lowest BCUT2D eigenvalue weighted by Gasteiger charge is -2.29. The van der Waals surface area contributed by atoms with Crippen LogP contribution in [0.2, 0.25) is 5.02 Å². The molecule has 1 aromatic rings. The zero-order valence-electron chi connectivity index (χ0n) is 8.27. The zero-order valence-corrected chi connectivity index (χ0v) is 9.02. The molecule has 5 heteroatoms. The monoisotopic (exact) mass is 225 g/mol. The summed E-state index contributed by atoms with van der Waals surface area (Å²) in [7, 11) is 0. The first-order valence-corrected chi connectivity index (χ1v) is 5.35. The third kappa shape index (κ3) is 2.45. The second kappa shape index (κ2) is 4.57. The van der Waals surface area contributed by atoms with Crippen molar-refractivity contribution in [2.45, 2.75) is 12.8 Å². The molecule has 0 radical (unpaired) electrons. The van der Waals surface area contributed by atoms with E-state index in [0.717, 1.165) is 25.7 Å². The normalized spacial score (nSPS) is 21.4. The molecule has 0 amide bonds. The SMILES string of the molecule is O=CC1CCCN(c2ncc(Cl)cn2)C1. The molecule has 0 aliphatic carbocycles. The average molecular weight is 226 g/mol. The number of anilines is 1. The van der Waals surface area contributed by atoms with Crippen molar-refractivity contribution in [3.05, 3.63) is 17.4 Å². The van der Waals surface area contributed by atoms with Crippen LogP contribution in [0.4, 0.5) is 5.95 Å². The minimum absolute atomic E-state index is 0.109. The van der Waals surface area contributed by atoms with Gasteiger partial charge in [-0.2, -0.15) is 0 Å². The van der Waals surface area contributed by atoms with Gasteiger partial charge in [-0.3, -0.25) is 0 Å². The van der Waals surface area contributed by atoms with Crippen molar-refractivity contribution in [2.75, 3.05) is 18.0 Å². The Labute approximate surface area is 93.3 Å². The van der Waals surface area contributed by atoms with Crippen molar-refractivity contribution >= 4 is 23.8 Å². The van der Waals surface area contributed by atoms with Gasteiger partial charge in [0.15, 0.2) is 0 Å². The van der Waals surface area contributed by atoms with Crippen molar-refractivity contribution in [2.24, 2.45) is 5.92 Å². The molecule has 0 spiro atoms. The lowest BCUT2D eigenvalue weighted by molar-refractivity contribution is -0.111. The first-order valence-electron chi connectivity index (χ1n) is 4.97. The van der Waals surface area contributed by atoms with Crippen LogP contribution in [0.1, 0.15) is 12.8 Å². The van der Waals surface area contributed by atoms with Crippen LogP contribution in [-0.4, -0.2) is 29.3 Å². The van der Waals surface area contributed by atoms with Gasteiger partial charge in [0.05, 0.1) is 17.4 Å². The van der Waals surface area contributed by atoms with Crippen LogP contribution < -0.4 is 4.90 Å². The number of nitrogens with zero attached hydrogens (tertiary/aromatic N) is 3. The smallest absolute Gasteiger partial charge is 0.225 e. The molecular formula is C10H12ClN3O. The number of aromatic nitrogens is 2. The van der Waals surface area contributed by atoms with Gasteiger partial charge >= 0.3 is 0 Å². The maximum absolute atomic E-state index is 10.7. The highest BCUT2D eigenvalue weighted by Crippen LogP contribution is 2.19. The average Bonchev–Trinajstić information content (AvgIpc) is 2.30. The number of carbonyl (C=O) groups excluding carboxylic acids is 1. The summed E-state index contributed by atoms with van der Waals surface area (Å²) in [6.07, 6.45) is 6.15. The van der Waals surface area contributed by atoms with E-state index < -0.39 is 0 Å². The molecule has 1 aliphatic heterocycles. The van der Waals surface area contributed by atoms with E-state index in [4.69, 9.17) is 11.6 Å². The standard InChI is InChI=1S/C10H12ClN3O/c11-9-4-12-10(13-5-9)14-3-1-2-8(6-14)7-15/h4-5,7-8H,1-3,6H2. The minimum atomic E-state index is 0.109. The van der Waals surface area contributed by atoms with Gasteiger partial charge in [0.25, 0.3) is 0 Å². The van der Waals surface area contributed by atoms with E-state index in [2.05, 4.69) is 9.97 Å². The summed E-state index contributed by atoms with van der Waals surface area (Å²) in [5.41, 5.74) is 0. The van der Waals surface area contributed by atoms with E-state index >= 15 is 0 Å². The van der Waals surface area contributed by atoms with Crippen molar-refractivity contribution in [3.63, 3.8) is 0 Å². The topological polar surface area (TPSA) is 46.1 Å². The van der Waals surface area contributed by atoms with Gasteiger partial charge in [0.2, 0.25) is 5.95 Å². The number of hydrogen-bond donors (Lipinski definition) is 0. The summed E-state index contributed by atoms with van der Waals surface area (Å²) < 4.78 is 0. The lowest BCUT2D eigenvalue weighted by atomic mass is 10.0. The van der Waals surface area contributed by atoms with Crippen LogP contribution in [-0.2, 0) is 4.79 Å². The van der Waals surface area contributed by atoms with E-state index in [1.807, 2.05) is 4.90 Å². The van der Waals surface area contributed by atoms with E-state index in [9.17, 15) is 4.79 Å². The van der Waals surface area contributed by atoms with Crippen LogP contribution >= 0.6 is 11.6 Å². The lowest BCUT2D eigenvalue weighted by Crippen LogP contribution is -2.37. The molecule has 1 atom stereocenters. The van der Waals surface area contributed by atoms with Crippen LogP contribution in [0.25, 0.3) is 0 Å². The van der Waals surface area contributed by atoms with Gasteiger partial charge in [-0.05, 0) is 12.8 Å². The molecule has 0 aromatic carbocycles. The van der Waals surface area contributed by atoms with Crippen molar-refractivity contribution < 1.29 is 4.79 Å². The molecule has 80 valence electrons. The Hall–Kier alpha value is -1.16. The maximum Gasteiger partial charge on any atom is 0.225 e. The first-order chi connectivity index (χ1) is 7.29. The summed E-state index contributed by atoms with van der Waals surface area (Å²) in [4.78, 5) is 21.0. The van der Waals surface area contributed by atoms with Crippen LogP contribution in [0.5, 0.6) is 0 Å². The fourth-order valence-corrected chi connectivity index (χ4v) is 1.87. The van der Waals surface area contributed by atoms with Gasteiger partial charge < -0.3 is 9.69 Å². The molecular weight excluding hydrogens is 214 g/mol. The van der Waals surface area contributed by atoms with Crippen molar-refractivity contribution in [1.29, 1.82) is 0 Å². The Morgan fingerprint density at radius 2 is 2.20 bits per heavy atom. The minimum Gasteiger partial charge on any atom is -0.340 e. The number of piperidine rings is 1. The van der Waals surface area contributed by atoms with Gasteiger partial charge in [-0.1, -0.05) is 11.6 Å². The maximum atomic E-state index is 10.7. The number of rotatable bonds is 2. The fraction of sp³-hybridized carbons (Fsp3) is 0.500. The molecule has 15 heavy (non-hydrogen) atoms. The second-order valence-corrected chi connectivity index (χ2v) is 4.12. The molecule has 1 saturated heterocycles. The molecule has 1 unspecified atom stereocenters. The Balaban J connectivity index is 2.09. The van der Waals surface area contributed by atoms with Crippen molar-refractivity contribution in [3.8, 4) is 0 Å². The fourth-order valence-electron chi connectivity index (χ4n) is 1.77. The van der Waals surface area contributed by atoms with Crippen LogP contribution in [0, 0.1) is 5.92 Å². The third-order valence-corrected chi connectivity index (χ3v) is 2.74. The molecule has 2 heterocycles. The summed E-state index contributed by atoms with van der Waals surface area (Å²) in [5, 5.41) is 0.530. The quantitative estimate of drug-likeness (QED) is 0.717. The molecule has 2 rings (SSSR count). The first kappa shape index (κ1) is 10.4. The van der Waals surface area contributed by atoms with Crippen LogP contribution in [0.15, 0.2) is 12.4 Å². The number of carbonyl (C=O) groups is 1. The van der Waals surface area contributed by atoms with E-state index in [1.165, 1.54) is 0 Å². The van der Waals surface area contributed by atoms with Gasteiger partial charge in [-0.25, -0.2) is 9.97 Å². The molecule has 0 saturated carbocycles. The summed E-state index contributed by atoms with van der Waals surface area (Å²) in [6.45, 7) is 1.62. The van der Waals surface area contributed by atoms with Gasteiger partial charge in [0.1, 0.15) is 6.29 Å². The number of aldehydes is 1. The molecule has 1 fully saturated rings. The van der Waals surface area contributed by atoms with E-state index in [1.54, 1.807) is 12.4 Å². The van der Waals surface area contributed by atoms with E-state index in [-0.39, 0.29) is 5.92 Å². The van der Waals surface area contributed by atoms with Gasteiger partial charge in [-0.15, -0.1) is 0 Å². The number of hydrogen-bond acceptors (Lipinski definition) is 4. The van der Waals surface area contributed by atoms with Crippen LogP contribution in [0.3, 0.4) is 0 Å². The second-order valence-electron chi connectivity index (χ2n) is 3.69. The highest BCUT2D eigenvalue weighted by atomic mass is 35.5. The van der Waals surface area contributed by atoms with Crippen molar-refractivity contribution in [1.82, 2.24) is 9.97 Å². The Morgan fingerprint density at radius 1 is 1.47 bits per heavy atom. The highest BCUT2D eigenvalue weighted by molar-refractivity contribution is 6.30. The van der Waals surface area contributed by atoms with Gasteiger partial charge in [0, 0.05) is 19.0 Å². The Morgan fingerprint density at radius 3 is 2.87 bits per heavy atom. The molecule has 0 bridgehead atoms. The highest BCUT2D eigenvalue weighted by Gasteiger charge is 2.20.